The van der Waals surface area contributed by atoms with Gasteiger partial charge in [0.1, 0.15) is 11.6 Å². The smallest absolute Gasteiger partial charge is 0.410 e. The predicted octanol–water partition coefficient (Wildman–Crippen LogP) is 4.38. The molecule has 2 heterocycles. The van der Waals surface area contributed by atoms with E-state index in [0.29, 0.717) is 19.7 Å². The summed E-state index contributed by atoms with van der Waals surface area (Å²) in [6, 6.07) is 10.7. The summed E-state index contributed by atoms with van der Waals surface area (Å²) < 4.78 is 34.1. The van der Waals surface area contributed by atoms with E-state index >= 15 is 0 Å². The molecule has 128 valence electrons. The second-order valence-electron chi connectivity index (χ2n) is 5.95. The van der Waals surface area contributed by atoms with Gasteiger partial charge in [-0.25, -0.2) is 13.6 Å². The normalized spacial score (nSPS) is 13.3. The monoisotopic (exact) mass is 342 g/mol. The van der Waals surface area contributed by atoms with Gasteiger partial charge in [-0.3, -0.25) is 4.90 Å². The first kappa shape index (κ1) is 15.6. The summed E-state index contributed by atoms with van der Waals surface area (Å²) in [4.78, 5) is 13.7. The van der Waals surface area contributed by atoms with Gasteiger partial charge in [0.2, 0.25) is 0 Å². The highest BCUT2D eigenvalue weighted by Gasteiger charge is 2.31. The molecule has 1 aromatic heterocycles. The van der Waals surface area contributed by atoms with Crippen molar-refractivity contribution >= 4 is 17.0 Å². The molecule has 4 nitrogen and oxygen atoms in total. The molecule has 4 rings (SSSR count). The maximum Gasteiger partial charge on any atom is 0.410 e. The Morgan fingerprint density at radius 3 is 2.52 bits per heavy atom. The predicted molar refractivity (Wildman–Crippen MR) is 89.5 cm³/mol. The molecule has 0 N–H and O–H groups in total. The highest BCUT2D eigenvalue weighted by molar-refractivity contribution is 5.88. The number of halogens is 2. The lowest BCUT2D eigenvalue weighted by atomic mass is 10.1. The molecule has 0 aliphatic carbocycles. The average molecular weight is 342 g/mol. The van der Waals surface area contributed by atoms with E-state index in [2.05, 4.69) is 0 Å². The van der Waals surface area contributed by atoms with E-state index < -0.39 is 6.09 Å². The minimum absolute atomic E-state index is 0.299. The molecule has 0 fully saturated rings. The summed E-state index contributed by atoms with van der Waals surface area (Å²) in [6.45, 7) is 2.78. The molecule has 0 radical (unpaired) electrons. The van der Waals surface area contributed by atoms with Crippen LogP contribution >= 0.6 is 0 Å². The number of carbonyl (C=O) groups excluding carboxylic acids is 1. The minimum atomic E-state index is -0.395. The van der Waals surface area contributed by atoms with Crippen LogP contribution in [0.15, 0.2) is 42.5 Å². The molecular formula is C19H16F2N2O2. The van der Waals surface area contributed by atoms with Crippen molar-refractivity contribution < 1.29 is 18.3 Å². The van der Waals surface area contributed by atoms with Gasteiger partial charge < -0.3 is 9.30 Å². The largest absolute Gasteiger partial charge is 0.450 e. The fourth-order valence-electron chi connectivity index (χ4n) is 3.38. The fourth-order valence-corrected chi connectivity index (χ4v) is 3.38. The van der Waals surface area contributed by atoms with Gasteiger partial charge >= 0.3 is 6.09 Å². The number of nitrogens with zero attached hydrogens (tertiary/aromatic N) is 2. The van der Waals surface area contributed by atoms with Crippen molar-refractivity contribution in [3.05, 3.63) is 65.4 Å². The molecule has 2 aromatic carbocycles. The van der Waals surface area contributed by atoms with E-state index in [1.54, 1.807) is 30.0 Å². The standard InChI is InChI=1S/C19H16F2N2O2/c1-2-25-19(24)22-10-16-15-9-13(21)5-8-17(15)23(18(16)11-22)14-6-3-12(20)4-7-14/h3-9H,2,10-11H2,1H3. The van der Waals surface area contributed by atoms with Crippen LogP contribution in [0.4, 0.5) is 13.6 Å². The van der Waals surface area contributed by atoms with Crippen LogP contribution in [0.1, 0.15) is 18.2 Å². The molecule has 6 heteroatoms. The van der Waals surface area contributed by atoms with Crippen LogP contribution in [0.2, 0.25) is 0 Å². The van der Waals surface area contributed by atoms with Crippen LogP contribution in [-0.4, -0.2) is 22.2 Å². The lowest BCUT2D eigenvalue weighted by Crippen LogP contribution is -2.26. The Labute approximate surface area is 143 Å². The zero-order chi connectivity index (χ0) is 17.6. The van der Waals surface area contributed by atoms with Crippen LogP contribution in [-0.2, 0) is 17.8 Å². The molecule has 0 unspecified atom stereocenters. The molecular weight excluding hydrogens is 326 g/mol. The average Bonchev–Trinajstić information content (AvgIpc) is 3.14. The van der Waals surface area contributed by atoms with E-state index in [1.807, 2.05) is 4.57 Å². The third-order valence-electron chi connectivity index (χ3n) is 4.44. The zero-order valence-corrected chi connectivity index (χ0v) is 13.6. The topological polar surface area (TPSA) is 34.5 Å². The van der Waals surface area contributed by atoms with Crippen LogP contribution < -0.4 is 0 Å². The number of amides is 1. The van der Waals surface area contributed by atoms with Gasteiger partial charge in [-0.1, -0.05) is 0 Å². The molecule has 0 saturated heterocycles. The lowest BCUT2D eigenvalue weighted by molar-refractivity contribution is 0.106. The SMILES string of the molecule is CCOC(=O)N1Cc2c(n(-c3ccc(F)cc3)c3ccc(F)cc23)C1. The molecule has 0 spiro atoms. The zero-order valence-electron chi connectivity index (χ0n) is 13.6. The van der Waals surface area contributed by atoms with Crippen LogP contribution in [0.3, 0.4) is 0 Å². The summed E-state index contributed by atoms with van der Waals surface area (Å²) >= 11 is 0. The quantitative estimate of drug-likeness (QED) is 0.693. The van der Waals surface area contributed by atoms with E-state index in [9.17, 15) is 13.6 Å². The van der Waals surface area contributed by atoms with Crippen LogP contribution in [0, 0.1) is 11.6 Å². The number of carbonyl (C=O) groups is 1. The Morgan fingerprint density at radius 1 is 1.08 bits per heavy atom. The van der Waals surface area contributed by atoms with Crippen molar-refractivity contribution in [2.75, 3.05) is 6.61 Å². The van der Waals surface area contributed by atoms with Gasteiger partial charge in [0.15, 0.2) is 0 Å². The van der Waals surface area contributed by atoms with E-state index in [1.165, 1.54) is 24.3 Å². The van der Waals surface area contributed by atoms with Gasteiger partial charge in [0, 0.05) is 22.3 Å². The number of hydrogen-bond acceptors (Lipinski definition) is 2. The van der Waals surface area contributed by atoms with Crippen molar-refractivity contribution in [1.29, 1.82) is 0 Å². The molecule has 1 amide bonds. The molecule has 25 heavy (non-hydrogen) atoms. The third kappa shape index (κ3) is 2.54. The first-order valence-electron chi connectivity index (χ1n) is 8.08. The molecule has 0 saturated carbocycles. The van der Waals surface area contributed by atoms with Crippen molar-refractivity contribution in [2.24, 2.45) is 0 Å². The second kappa shape index (κ2) is 5.88. The Kier molecular flexibility index (Phi) is 3.67. The number of hydrogen-bond donors (Lipinski definition) is 0. The van der Waals surface area contributed by atoms with Crippen molar-refractivity contribution in [3.63, 3.8) is 0 Å². The maximum atomic E-state index is 13.8. The molecule has 1 aliphatic rings. The molecule has 0 atom stereocenters. The summed E-state index contributed by atoms with van der Waals surface area (Å²) in [5.41, 5.74) is 3.39. The Morgan fingerprint density at radius 2 is 1.80 bits per heavy atom. The van der Waals surface area contributed by atoms with E-state index in [4.69, 9.17) is 4.74 Å². The van der Waals surface area contributed by atoms with Gasteiger partial charge in [0.25, 0.3) is 0 Å². The van der Waals surface area contributed by atoms with Crippen LogP contribution in [0.5, 0.6) is 0 Å². The Hall–Kier alpha value is -2.89. The summed E-state index contributed by atoms with van der Waals surface area (Å²) in [6.07, 6.45) is -0.395. The fraction of sp³-hybridized carbons (Fsp3) is 0.211. The number of rotatable bonds is 2. The lowest BCUT2D eigenvalue weighted by Gasteiger charge is -2.17. The third-order valence-corrected chi connectivity index (χ3v) is 4.44. The van der Waals surface area contributed by atoms with E-state index in [-0.39, 0.29) is 11.6 Å². The summed E-state index contributed by atoms with van der Waals surface area (Å²) in [5, 5.41) is 0.756. The summed E-state index contributed by atoms with van der Waals surface area (Å²) in [7, 11) is 0. The Bertz CT molecular complexity index is 964. The molecule has 1 aliphatic heterocycles. The van der Waals surface area contributed by atoms with Gasteiger partial charge in [-0.2, -0.15) is 0 Å². The minimum Gasteiger partial charge on any atom is -0.450 e. The number of benzene rings is 2. The summed E-state index contributed by atoms with van der Waals surface area (Å²) in [5.74, 6) is -0.655. The van der Waals surface area contributed by atoms with Crippen molar-refractivity contribution in [2.45, 2.75) is 20.0 Å². The van der Waals surface area contributed by atoms with Gasteiger partial charge in [-0.05, 0) is 49.4 Å². The molecule has 0 bridgehead atoms. The van der Waals surface area contributed by atoms with Crippen LogP contribution in [0.25, 0.3) is 16.6 Å². The highest BCUT2D eigenvalue weighted by Crippen LogP contribution is 2.36. The number of aromatic nitrogens is 1. The second-order valence-corrected chi connectivity index (χ2v) is 5.95. The van der Waals surface area contributed by atoms with Gasteiger partial charge in [0.05, 0.1) is 25.2 Å². The van der Waals surface area contributed by atoms with Crippen molar-refractivity contribution in [3.8, 4) is 5.69 Å². The number of ether oxygens (including phenoxy) is 1. The number of fused-ring (bicyclic) bond motifs is 3. The highest BCUT2D eigenvalue weighted by atomic mass is 19.1. The van der Waals surface area contributed by atoms with Crippen molar-refractivity contribution in [1.82, 2.24) is 9.47 Å². The maximum absolute atomic E-state index is 13.8. The van der Waals surface area contributed by atoms with Gasteiger partial charge in [-0.15, -0.1) is 0 Å². The first-order chi connectivity index (χ1) is 12.1. The van der Waals surface area contributed by atoms with E-state index in [0.717, 1.165) is 27.8 Å². The Balaban J connectivity index is 1.88. The molecule has 3 aromatic rings. The first-order valence-corrected chi connectivity index (χ1v) is 8.08.